The van der Waals surface area contributed by atoms with Crippen LogP contribution in [0.2, 0.25) is 0 Å². The lowest BCUT2D eigenvalue weighted by Gasteiger charge is -2.09. The summed E-state index contributed by atoms with van der Waals surface area (Å²) in [6, 6.07) is 19.6. The summed E-state index contributed by atoms with van der Waals surface area (Å²) in [7, 11) is 0. The van der Waals surface area contributed by atoms with Gasteiger partial charge >= 0.3 is 0 Å². The van der Waals surface area contributed by atoms with E-state index < -0.39 is 0 Å². The lowest BCUT2D eigenvalue weighted by atomic mass is 10.2. The highest BCUT2D eigenvalue weighted by molar-refractivity contribution is 5.95. The van der Waals surface area contributed by atoms with E-state index in [0.717, 1.165) is 16.9 Å². The van der Waals surface area contributed by atoms with Gasteiger partial charge in [-0.15, -0.1) is 0 Å². The molecule has 0 aliphatic carbocycles. The molecule has 4 rings (SSSR count). The van der Waals surface area contributed by atoms with Crippen LogP contribution in [0.5, 0.6) is 0 Å². The number of para-hydroxylation sites is 1. The molecule has 0 aliphatic rings. The lowest BCUT2D eigenvalue weighted by molar-refractivity contribution is 0.0954. The van der Waals surface area contributed by atoms with E-state index in [0.29, 0.717) is 31.1 Å². The molecular weight excluding hydrogens is 380 g/mol. The third-order valence-corrected chi connectivity index (χ3v) is 4.69. The van der Waals surface area contributed by atoms with Crippen molar-refractivity contribution in [1.82, 2.24) is 35.3 Å². The largest absolute Gasteiger partial charge is 0.351 e. The van der Waals surface area contributed by atoms with Crippen LogP contribution in [0.4, 0.5) is 5.95 Å². The molecule has 2 aromatic carbocycles. The Labute approximate surface area is 173 Å². The first kappa shape index (κ1) is 19.3. The molecule has 9 heteroatoms. The molecule has 0 bridgehead atoms. The van der Waals surface area contributed by atoms with Gasteiger partial charge in [0.2, 0.25) is 5.95 Å². The maximum absolute atomic E-state index is 12.5. The van der Waals surface area contributed by atoms with Crippen molar-refractivity contribution < 1.29 is 4.79 Å². The summed E-state index contributed by atoms with van der Waals surface area (Å²) < 4.78 is 3.44. The van der Waals surface area contributed by atoms with E-state index in [9.17, 15) is 4.79 Å². The summed E-state index contributed by atoms with van der Waals surface area (Å²) in [6.07, 6.45) is 1.61. The van der Waals surface area contributed by atoms with E-state index in [1.807, 2.05) is 72.3 Å². The smallest absolute Gasteiger partial charge is 0.254 e. The molecule has 0 unspecified atom stereocenters. The number of nitrogens with zero attached hydrogens (tertiary/aromatic N) is 6. The van der Waals surface area contributed by atoms with Crippen LogP contribution >= 0.6 is 0 Å². The number of tetrazole rings is 1. The van der Waals surface area contributed by atoms with Gasteiger partial charge in [0.1, 0.15) is 0 Å². The van der Waals surface area contributed by atoms with Gasteiger partial charge in [0.15, 0.2) is 0 Å². The molecule has 4 aromatic rings. The van der Waals surface area contributed by atoms with Crippen LogP contribution in [-0.2, 0) is 6.54 Å². The molecule has 9 nitrogen and oxygen atoms in total. The Kier molecular flexibility index (Phi) is 5.79. The molecule has 30 heavy (non-hydrogen) atoms. The average Bonchev–Trinajstić information content (AvgIpc) is 3.39. The quantitative estimate of drug-likeness (QED) is 0.438. The Balaban J connectivity index is 1.31. The van der Waals surface area contributed by atoms with Gasteiger partial charge < -0.3 is 10.6 Å². The Hall–Kier alpha value is -4.01. The lowest BCUT2D eigenvalue weighted by Crippen LogP contribution is -2.29. The molecule has 0 saturated carbocycles. The number of amides is 1. The van der Waals surface area contributed by atoms with E-state index in [1.165, 1.54) is 0 Å². The average molecular weight is 402 g/mol. The molecule has 0 spiro atoms. The third-order valence-electron chi connectivity index (χ3n) is 4.69. The fourth-order valence-electron chi connectivity index (χ4n) is 3.07. The Morgan fingerprint density at radius 1 is 1.00 bits per heavy atom. The van der Waals surface area contributed by atoms with Crippen LogP contribution in [0.25, 0.3) is 5.69 Å². The predicted molar refractivity (Wildman–Crippen MR) is 112 cm³/mol. The van der Waals surface area contributed by atoms with Crippen molar-refractivity contribution in [1.29, 1.82) is 0 Å². The van der Waals surface area contributed by atoms with E-state index in [-0.39, 0.29) is 5.91 Å². The van der Waals surface area contributed by atoms with Gasteiger partial charge in [0, 0.05) is 18.8 Å². The first-order chi connectivity index (χ1) is 14.7. The summed E-state index contributed by atoms with van der Waals surface area (Å²) in [5.74, 6) is 0.360. The highest BCUT2D eigenvalue weighted by atomic mass is 16.1. The fraction of sp³-hybridized carbons (Fsp3) is 0.190. The van der Waals surface area contributed by atoms with Crippen molar-refractivity contribution in [2.75, 3.05) is 18.4 Å². The van der Waals surface area contributed by atoms with E-state index in [2.05, 4.69) is 31.3 Å². The normalized spacial score (nSPS) is 10.7. The molecule has 2 aromatic heterocycles. The van der Waals surface area contributed by atoms with Gasteiger partial charge in [-0.25, -0.2) is 0 Å². The number of aromatic nitrogens is 6. The van der Waals surface area contributed by atoms with Crippen molar-refractivity contribution in [2.24, 2.45) is 0 Å². The number of hydrogen-bond acceptors (Lipinski definition) is 6. The molecule has 152 valence electrons. The van der Waals surface area contributed by atoms with Gasteiger partial charge in [-0.3, -0.25) is 9.48 Å². The minimum absolute atomic E-state index is 0.156. The van der Waals surface area contributed by atoms with Crippen molar-refractivity contribution in [3.05, 3.63) is 83.7 Å². The molecule has 0 saturated heterocycles. The number of anilines is 1. The van der Waals surface area contributed by atoms with E-state index in [4.69, 9.17) is 0 Å². The zero-order valence-corrected chi connectivity index (χ0v) is 16.6. The number of benzene rings is 2. The first-order valence-corrected chi connectivity index (χ1v) is 9.64. The summed E-state index contributed by atoms with van der Waals surface area (Å²) >= 11 is 0. The second-order valence-electron chi connectivity index (χ2n) is 6.72. The van der Waals surface area contributed by atoms with E-state index in [1.54, 1.807) is 10.9 Å². The maximum atomic E-state index is 12.5. The molecule has 0 atom stereocenters. The topological polar surface area (TPSA) is 103 Å². The number of carbonyl (C=O) groups excluding carboxylic acids is 1. The number of hydrogen-bond donors (Lipinski definition) is 2. The maximum Gasteiger partial charge on any atom is 0.254 e. The van der Waals surface area contributed by atoms with Crippen LogP contribution < -0.4 is 10.6 Å². The summed E-state index contributed by atoms with van der Waals surface area (Å²) in [5.41, 5.74) is 3.39. The number of rotatable bonds is 8. The van der Waals surface area contributed by atoms with Gasteiger partial charge in [0.05, 0.1) is 24.0 Å². The van der Waals surface area contributed by atoms with Gasteiger partial charge in [-0.2, -0.15) is 9.78 Å². The molecule has 0 aliphatic heterocycles. The number of nitrogens with one attached hydrogen (secondary N) is 2. The second kappa shape index (κ2) is 8.99. The van der Waals surface area contributed by atoms with Crippen LogP contribution in [-0.4, -0.2) is 49.0 Å². The SMILES string of the molecule is Cc1c(C(=O)NCCNc2nnnn2-c2ccccc2)cnn1Cc1ccccc1. The second-order valence-corrected chi connectivity index (χ2v) is 6.72. The highest BCUT2D eigenvalue weighted by Crippen LogP contribution is 2.11. The molecule has 0 radical (unpaired) electrons. The fourth-order valence-corrected chi connectivity index (χ4v) is 3.07. The van der Waals surface area contributed by atoms with Crippen molar-refractivity contribution >= 4 is 11.9 Å². The highest BCUT2D eigenvalue weighted by Gasteiger charge is 2.14. The van der Waals surface area contributed by atoms with Crippen molar-refractivity contribution in [3.8, 4) is 5.69 Å². The zero-order valence-electron chi connectivity index (χ0n) is 16.6. The standard InChI is InChI=1S/C21H22N8O/c1-16-19(14-24-28(16)15-17-8-4-2-5-9-17)20(30)22-12-13-23-21-25-26-27-29(21)18-10-6-3-7-11-18/h2-11,14H,12-13,15H2,1H3,(H,22,30)(H,23,25,27). The van der Waals surface area contributed by atoms with Crippen LogP contribution in [0.3, 0.4) is 0 Å². The summed E-state index contributed by atoms with van der Waals surface area (Å²) in [4.78, 5) is 12.5. The molecule has 2 heterocycles. The van der Waals surface area contributed by atoms with Gasteiger partial charge in [-0.05, 0) is 35.0 Å². The first-order valence-electron chi connectivity index (χ1n) is 9.64. The molecule has 1 amide bonds. The molecule has 2 N–H and O–H groups in total. The predicted octanol–water partition coefficient (Wildman–Crippen LogP) is 2.06. The van der Waals surface area contributed by atoms with Crippen molar-refractivity contribution in [3.63, 3.8) is 0 Å². The zero-order chi connectivity index (χ0) is 20.8. The van der Waals surface area contributed by atoms with Crippen LogP contribution in [0.15, 0.2) is 66.9 Å². The minimum Gasteiger partial charge on any atom is -0.351 e. The van der Waals surface area contributed by atoms with Gasteiger partial charge in [0.25, 0.3) is 5.91 Å². The summed E-state index contributed by atoms with van der Waals surface area (Å²) in [5, 5.41) is 22.1. The molecule has 0 fully saturated rings. The van der Waals surface area contributed by atoms with Crippen LogP contribution in [0.1, 0.15) is 21.6 Å². The van der Waals surface area contributed by atoms with Crippen molar-refractivity contribution in [2.45, 2.75) is 13.5 Å². The molecular formula is C21H22N8O. The monoisotopic (exact) mass is 402 g/mol. The van der Waals surface area contributed by atoms with Crippen LogP contribution in [0, 0.1) is 6.92 Å². The third kappa shape index (κ3) is 4.35. The Bertz CT molecular complexity index is 1100. The van der Waals surface area contributed by atoms with Gasteiger partial charge in [-0.1, -0.05) is 53.6 Å². The summed E-state index contributed by atoms with van der Waals surface area (Å²) in [6.45, 7) is 3.43. The van der Waals surface area contributed by atoms with E-state index >= 15 is 0 Å². The Morgan fingerprint density at radius 3 is 2.50 bits per heavy atom. The minimum atomic E-state index is -0.156. The Morgan fingerprint density at radius 2 is 1.73 bits per heavy atom. The number of carbonyl (C=O) groups is 1.